The van der Waals surface area contributed by atoms with E-state index in [1.807, 2.05) is 6.92 Å². The first-order valence-electron chi connectivity index (χ1n) is 5.40. The average molecular weight is 243 g/mol. The summed E-state index contributed by atoms with van der Waals surface area (Å²) in [6, 6.07) is 4.73. The van der Waals surface area contributed by atoms with Crippen molar-refractivity contribution in [2.75, 3.05) is 18.1 Å². The molecule has 0 radical (unpaired) electrons. The molecule has 0 fully saturated rings. The summed E-state index contributed by atoms with van der Waals surface area (Å²) in [6.45, 7) is 4.45. The third-order valence-electron chi connectivity index (χ3n) is 2.17. The lowest BCUT2D eigenvalue weighted by Gasteiger charge is -2.10. The van der Waals surface area contributed by atoms with Crippen LogP contribution in [0.25, 0.3) is 0 Å². The molecule has 16 heavy (non-hydrogen) atoms. The van der Waals surface area contributed by atoms with Crippen LogP contribution in [0.2, 0.25) is 0 Å². The minimum Gasteiger partial charge on any atom is -0.490 e. The lowest BCUT2D eigenvalue weighted by atomic mass is 10.1. The van der Waals surface area contributed by atoms with E-state index in [-0.39, 0.29) is 11.9 Å². The SMILES string of the molecule is CCSCCOc1ccc(C(C)N)cc1F. The van der Waals surface area contributed by atoms with Crippen molar-refractivity contribution < 1.29 is 9.13 Å². The van der Waals surface area contributed by atoms with E-state index >= 15 is 0 Å². The fourth-order valence-electron chi connectivity index (χ4n) is 1.27. The normalized spacial score (nSPS) is 12.5. The molecule has 2 nitrogen and oxygen atoms in total. The molecule has 0 aliphatic carbocycles. The van der Waals surface area contributed by atoms with Crippen LogP contribution in [0.4, 0.5) is 4.39 Å². The highest BCUT2D eigenvalue weighted by Crippen LogP contribution is 2.21. The van der Waals surface area contributed by atoms with E-state index in [1.165, 1.54) is 6.07 Å². The average Bonchev–Trinajstić information content (AvgIpc) is 2.26. The van der Waals surface area contributed by atoms with Crippen molar-refractivity contribution in [1.29, 1.82) is 0 Å². The topological polar surface area (TPSA) is 35.2 Å². The molecule has 0 spiro atoms. The van der Waals surface area contributed by atoms with Gasteiger partial charge in [-0.3, -0.25) is 0 Å². The molecule has 1 unspecified atom stereocenters. The van der Waals surface area contributed by atoms with E-state index < -0.39 is 0 Å². The van der Waals surface area contributed by atoms with Crippen LogP contribution in [-0.4, -0.2) is 18.1 Å². The molecule has 1 aromatic carbocycles. The predicted octanol–water partition coefficient (Wildman–Crippen LogP) is 2.98. The van der Waals surface area contributed by atoms with Crippen molar-refractivity contribution in [3.05, 3.63) is 29.6 Å². The zero-order chi connectivity index (χ0) is 12.0. The Hall–Kier alpha value is -0.740. The number of benzene rings is 1. The zero-order valence-corrected chi connectivity index (χ0v) is 10.5. The van der Waals surface area contributed by atoms with Gasteiger partial charge in [-0.1, -0.05) is 13.0 Å². The van der Waals surface area contributed by atoms with Gasteiger partial charge in [-0.2, -0.15) is 11.8 Å². The number of hydrogen-bond donors (Lipinski definition) is 1. The summed E-state index contributed by atoms with van der Waals surface area (Å²) in [5, 5.41) is 0. The van der Waals surface area contributed by atoms with Crippen molar-refractivity contribution in [3.8, 4) is 5.75 Å². The molecule has 1 rings (SSSR count). The Morgan fingerprint density at radius 1 is 1.50 bits per heavy atom. The van der Waals surface area contributed by atoms with Gasteiger partial charge >= 0.3 is 0 Å². The third-order valence-corrected chi connectivity index (χ3v) is 3.03. The molecule has 2 N–H and O–H groups in total. The molecule has 1 atom stereocenters. The lowest BCUT2D eigenvalue weighted by molar-refractivity contribution is 0.324. The second-order valence-electron chi connectivity index (χ2n) is 3.52. The lowest BCUT2D eigenvalue weighted by Crippen LogP contribution is -2.06. The summed E-state index contributed by atoms with van der Waals surface area (Å²) < 4.78 is 18.9. The Morgan fingerprint density at radius 3 is 2.81 bits per heavy atom. The Balaban J connectivity index is 2.54. The van der Waals surface area contributed by atoms with Gasteiger partial charge < -0.3 is 10.5 Å². The number of hydrogen-bond acceptors (Lipinski definition) is 3. The largest absolute Gasteiger partial charge is 0.490 e. The molecule has 0 amide bonds. The number of ether oxygens (including phenoxy) is 1. The van der Waals surface area contributed by atoms with Gasteiger partial charge in [0.1, 0.15) is 0 Å². The van der Waals surface area contributed by atoms with Crippen LogP contribution >= 0.6 is 11.8 Å². The van der Waals surface area contributed by atoms with Gasteiger partial charge in [0, 0.05) is 11.8 Å². The number of rotatable bonds is 6. The van der Waals surface area contributed by atoms with Gasteiger partial charge in [0.25, 0.3) is 0 Å². The maximum absolute atomic E-state index is 13.5. The maximum Gasteiger partial charge on any atom is 0.165 e. The molecule has 0 aliphatic rings. The van der Waals surface area contributed by atoms with E-state index in [0.717, 1.165) is 17.1 Å². The molecule has 0 heterocycles. The Morgan fingerprint density at radius 2 is 2.25 bits per heavy atom. The van der Waals surface area contributed by atoms with Gasteiger partial charge in [-0.15, -0.1) is 0 Å². The Kier molecular flexibility index (Phi) is 5.63. The molecule has 0 aliphatic heterocycles. The summed E-state index contributed by atoms with van der Waals surface area (Å²) in [6.07, 6.45) is 0. The van der Waals surface area contributed by atoms with Crippen molar-refractivity contribution in [3.63, 3.8) is 0 Å². The van der Waals surface area contributed by atoms with Crippen LogP contribution in [0.1, 0.15) is 25.5 Å². The summed E-state index contributed by atoms with van der Waals surface area (Å²) in [4.78, 5) is 0. The van der Waals surface area contributed by atoms with Crippen molar-refractivity contribution in [1.82, 2.24) is 0 Å². The second-order valence-corrected chi connectivity index (χ2v) is 4.92. The minimum atomic E-state index is -0.337. The highest BCUT2D eigenvalue weighted by atomic mass is 32.2. The molecular weight excluding hydrogens is 225 g/mol. The molecular formula is C12H18FNOS. The molecule has 0 saturated heterocycles. The molecule has 90 valence electrons. The van der Waals surface area contributed by atoms with E-state index in [9.17, 15) is 4.39 Å². The monoisotopic (exact) mass is 243 g/mol. The van der Waals surface area contributed by atoms with Gasteiger partial charge in [0.05, 0.1) is 6.61 Å². The molecule has 0 aromatic heterocycles. The fraction of sp³-hybridized carbons (Fsp3) is 0.500. The standard InChI is InChI=1S/C12H18FNOS/c1-3-16-7-6-15-12-5-4-10(9(2)14)8-11(12)13/h4-5,8-9H,3,6-7,14H2,1-2H3. The van der Waals surface area contributed by atoms with Crippen molar-refractivity contribution in [2.24, 2.45) is 5.73 Å². The van der Waals surface area contributed by atoms with E-state index in [2.05, 4.69) is 6.92 Å². The minimum absolute atomic E-state index is 0.154. The van der Waals surface area contributed by atoms with Crippen LogP contribution in [-0.2, 0) is 0 Å². The Labute approximate surface area is 100 Å². The fourth-order valence-corrected chi connectivity index (χ4v) is 1.76. The van der Waals surface area contributed by atoms with Crippen molar-refractivity contribution in [2.45, 2.75) is 19.9 Å². The number of thioether (sulfide) groups is 1. The van der Waals surface area contributed by atoms with Gasteiger partial charge in [-0.25, -0.2) is 4.39 Å². The third kappa shape index (κ3) is 4.02. The first-order chi connectivity index (χ1) is 7.65. The number of halogens is 1. The van der Waals surface area contributed by atoms with Crippen molar-refractivity contribution >= 4 is 11.8 Å². The molecule has 1 aromatic rings. The quantitative estimate of drug-likeness (QED) is 0.780. The highest BCUT2D eigenvalue weighted by Gasteiger charge is 2.06. The maximum atomic E-state index is 13.5. The van der Waals surface area contributed by atoms with Crippen LogP contribution in [0.15, 0.2) is 18.2 Å². The van der Waals surface area contributed by atoms with Crippen LogP contribution < -0.4 is 10.5 Å². The second kappa shape index (κ2) is 6.76. The van der Waals surface area contributed by atoms with E-state index in [1.54, 1.807) is 23.9 Å². The van der Waals surface area contributed by atoms with Crippen LogP contribution in [0.5, 0.6) is 5.75 Å². The summed E-state index contributed by atoms with van der Waals surface area (Å²) >= 11 is 1.77. The van der Waals surface area contributed by atoms with E-state index in [4.69, 9.17) is 10.5 Å². The first-order valence-corrected chi connectivity index (χ1v) is 6.56. The van der Waals surface area contributed by atoms with Crippen LogP contribution in [0.3, 0.4) is 0 Å². The summed E-state index contributed by atoms with van der Waals surface area (Å²) in [5.41, 5.74) is 6.45. The van der Waals surface area contributed by atoms with Crippen LogP contribution in [0, 0.1) is 5.82 Å². The van der Waals surface area contributed by atoms with Gasteiger partial charge in [0.15, 0.2) is 11.6 Å². The van der Waals surface area contributed by atoms with Gasteiger partial charge in [0.2, 0.25) is 0 Å². The molecule has 4 heteroatoms. The van der Waals surface area contributed by atoms with Gasteiger partial charge in [-0.05, 0) is 30.4 Å². The predicted molar refractivity (Wildman–Crippen MR) is 67.5 cm³/mol. The highest BCUT2D eigenvalue weighted by molar-refractivity contribution is 7.99. The Bertz CT molecular complexity index is 331. The zero-order valence-electron chi connectivity index (χ0n) is 9.70. The number of nitrogens with two attached hydrogens (primary N) is 1. The smallest absolute Gasteiger partial charge is 0.165 e. The van der Waals surface area contributed by atoms with E-state index in [0.29, 0.717) is 12.4 Å². The molecule has 0 saturated carbocycles. The summed E-state index contributed by atoms with van der Waals surface area (Å²) in [7, 11) is 0. The molecule has 0 bridgehead atoms. The summed E-state index contributed by atoms with van der Waals surface area (Å²) in [5.74, 6) is 1.90. The first kappa shape index (κ1) is 13.3.